The summed E-state index contributed by atoms with van der Waals surface area (Å²) in [6.07, 6.45) is 0.645. The molecule has 1 aromatic rings. The van der Waals surface area contributed by atoms with E-state index in [1.807, 2.05) is 11.8 Å². The van der Waals surface area contributed by atoms with Gasteiger partial charge in [0, 0.05) is 10.6 Å². The Morgan fingerprint density at radius 2 is 2.21 bits per heavy atom. The lowest BCUT2D eigenvalue weighted by Crippen LogP contribution is -2.06. The summed E-state index contributed by atoms with van der Waals surface area (Å²) in [6, 6.07) is 6.45. The summed E-state index contributed by atoms with van der Waals surface area (Å²) in [5.74, 6) is 1.61. The number of aliphatic hydroxyl groups is 1. The van der Waals surface area contributed by atoms with Crippen molar-refractivity contribution in [1.82, 2.24) is 0 Å². The van der Waals surface area contributed by atoms with E-state index in [9.17, 15) is 5.11 Å². The van der Waals surface area contributed by atoms with Crippen molar-refractivity contribution < 1.29 is 5.11 Å². The van der Waals surface area contributed by atoms with Gasteiger partial charge in [-0.3, -0.25) is 0 Å². The van der Waals surface area contributed by atoms with Gasteiger partial charge < -0.3 is 5.11 Å². The van der Waals surface area contributed by atoms with Crippen molar-refractivity contribution >= 4 is 11.8 Å². The molecule has 0 aromatic heterocycles. The van der Waals surface area contributed by atoms with Crippen LogP contribution in [0.5, 0.6) is 0 Å². The summed E-state index contributed by atoms with van der Waals surface area (Å²) in [5, 5.41) is 9.78. The van der Waals surface area contributed by atoms with Gasteiger partial charge in [-0.2, -0.15) is 0 Å². The summed E-state index contributed by atoms with van der Waals surface area (Å²) in [4.78, 5) is 1.27. The molecule has 0 fully saturated rings. The fourth-order valence-electron chi connectivity index (χ4n) is 1.75. The summed E-state index contributed by atoms with van der Waals surface area (Å²) < 4.78 is 0. The summed E-state index contributed by atoms with van der Waals surface area (Å²) >= 11 is 1.86. The van der Waals surface area contributed by atoms with Crippen LogP contribution in [0, 0.1) is 0 Å². The summed E-state index contributed by atoms with van der Waals surface area (Å²) in [6.45, 7) is 4.40. The van der Waals surface area contributed by atoms with Crippen molar-refractivity contribution in [2.24, 2.45) is 0 Å². The zero-order valence-corrected chi connectivity index (χ0v) is 9.47. The maximum absolute atomic E-state index is 9.78. The monoisotopic (exact) mass is 208 g/mol. The van der Waals surface area contributed by atoms with E-state index in [2.05, 4.69) is 32.0 Å². The Hall–Kier alpha value is -0.470. The van der Waals surface area contributed by atoms with E-state index >= 15 is 0 Å². The van der Waals surface area contributed by atoms with Crippen molar-refractivity contribution in [3.8, 4) is 0 Å². The summed E-state index contributed by atoms with van der Waals surface area (Å²) in [7, 11) is 0. The maximum atomic E-state index is 9.78. The van der Waals surface area contributed by atoms with Crippen molar-refractivity contribution in [1.29, 1.82) is 0 Å². The highest BCUT2D eigenvalue weighted by atomic mass is 32.2. The minimum absolute atomic E-state index is 0.243. The van der Waals surface area contributed by atoms with Crippen molar-refractivity contribution in [3.63, 3.8) is 0 Å². The highest BCUT2D eigenvalue weighted by Gasteiger charge is 2.18. The lowest BCUT2D eigenvalue weighted by atomic mass is 9.99. The van der Waals surface area contributed by atoms with Crippen LogP contribution in [0.3, 0.4) is 0 Å². The molecule has 1 nitrogen and oxygen atoms in total. The first kappa shape index (κ1) is 10.1. The maximum Gasteiger partial charge on any atom is 0.0808 e. The lowest BCUT2D eigenvalue weighted by molar-refractivity contribution is 0.170. The first-order chi connectivity index (χ1) is 6.68. The average Bonchev–Trinajstić information content (AvgIpc) is 2.17. The SMILES string of the molecule is CC(C)c1ccc2c(c1)SCCC2O. The van der Waals surface area contributed by atoms with E-state index in [-0.39, 0.29) is 6.10 Å². The van der Waals surface area contributed by atoms with Gasteiger partial charge >= 0.3 is 0 Å². The number of rotatable bonds is 1. The van der Waals surface area contributed by atoms with Crippen LogP contribution in [0.4, 0.5) is 0 Å². The molecule has 1 heterocycles. The van der Waals surface area contributed by atoms with Crippen molar-refractivity contribution in [3.05, 3.63) is 29.3 Å². The van der Waals surface area contributed by atoms with E-state index in [1.165, 1.54) is 10.5 Å². The number of fused-ring (bicyclic) bond motifs is 1. The molecule has 1 aliphatic heterocycles. The Balaban J connectivity index is 2.39. The molecule has 0 amide bonds. The van der Waals surface area contributed by atoms with Gasteiger partial charge in [0.2, 0.25) is 0 Å². The van der Waals surface area contributed by atoms with Gasteiger partial charge in [0.25, 0.3) is 0 Å². The number of benzene rings is 1. The molecule has 76 valence electrons. The summed E-state index contributed by atoms with van der Waals surface area (Å²) in [5.41, 5.74) is 2.48. The van der Waals surface area contributed by atoms with E-state index in [0.29, 0.717) is 5.92 Å². The zero-order valence-electron chi connectivity index (χ0n) is 8.66. The molecule has 1 aliphatic rings. The van der Waals surface area contributed by atoms with Gasteiger partial charge in [0.1, 0.15) is 0 Å². The highest BCUT2D eigenvalue weighted by Crippen LogP contribution is 2.37. The predicted octanol–water partition coefficient (Wildman–Crippen LogP) is 3.34. The average molecular weight is 208 g/mol. The van der Waals surface area contributed by atoms with Crippen LogP contribution in [0.25, 0.3) is 0 Å². The first-order valence-electron chi connectivity index (χ1n) is 5.13. The van der Waals surface area contributed by atoms with E-state index in [1.54, 1.807) is 0 Å². The van der Waals surface area contributed by atoms with Crippen molar-refractivity contribution in [2.75, 3.05) is 5.75 Å². The number of aliphatic hydroxyl groups excluding tert-OH is 1. The molecule has 0 saturated heterocycles. The molecule has 1 aromatic carbocycles. The van der Waals surface area contributed by atoms with Gasteiger partial charge in [-0.25, -0.2) is 0 Å². The van der Waals surface area contributed by atoms with E-state index in [0.717, 1.165) is 17.7 Å². The predicted molar refractivity (Wildman–Crippen MR) is 60.8 cm³/mol. The molecule has 2 heteroatoms. The second-order valence-electron chi connectivity index (χ2n) is 4.10. The van der Waals surface area contributed by atoms with Gasteiger partial charge in [0.05, 0.1) is 6.10 Å². The molecular weight excluding hydrogens is 192 g/mol. The number of thioether (sulfide) groups is 1. The number of hydrogen-bond donors (Lipinski definition) is 1. The molecule has 14 heavy (non-hydrogen) atoms. The van der Waals surface area contributed by atoms with Crippen LogP contribution in [0.15, 0.2) is 23.1 Å². The molecule has 2 rings (SSSR count). The second-order valence-corrected chi connectivity index (χ2v) is 5.24. The van der Waals surface area contributed by atoms with Crippen molar-refractivity contribution in [2.45, 2.75) is 37.2 Å². The molecule has 0 spiro atoms. The second kappa shape index (κ2) is 3.95. The molecule has 1 N–H and O–H groups in total. The molecular formula is C12H16OS. The Bertz CT molecular complexity index is 333. The molecule has 0 aliphatic carbocycles. The Labute approximate surface area is 89.5 Å². The normalized spacial score (nSPS) is 21.0. The highest BCUT2D eigenvalue weighted by molar-refractivity contribution is 7.99. The number of hydrogen-bond acceptors (Lipinski definition) is 2. The largest absolute Gasteiger partial charge is 0.388 e. The fourth-order valence-corrected chi connectivity index (χ4v) is 2.90. The molecule has 1 unspecified atom stereocenters. The van der Waals surface area contributed by atoms with Gasteiger partial charge in [-0.05, 0) is 29.5 Å². The smallest absolute Gasteiger partial charge is 0.0808 e. The van der Waals surface area contributed by atoms with Crippen LogP contribution in [-0.4, -0.2) is 10.9 Å². The lowest BCUT2D eigenvalue weighted by Gasteiger charge is -2.22. The van der Waals surface area contributed by atoms with Gasteiger partial charge in [-0.1, -0.05) is 26.0 Å². The van der Waals surface area contributed by atoms with Gasteiger partial charge in [0.15, 0.2) is 0 Å². The third-order valence-corrected chi connectivity index (χ3v) is 3.82. The third kappa shape index (κ3) is 1.82. The molecule has 1 atom stereocenters. The fraction of sp³-hybridized carbons (Fsp3) is 0.500. The minimum atomic E-state index is -0.243. The third-order valence-electron chi connectivity index (χ3n) is 2.71. The zero-order chi connectivity index (χ0) is 10.1. The molecule has 0 radical (unpaired) electrons. The van der Waals surface area contributed by atoms with Crippen LogP contribution in [0.2, 0.25) is 0 Å². The Morgan fingerprint density at radius 3 is 2.93 bits per heavy atom. The van der Waals surface area contributed by atoms with Crippen LogP contribution in [0.1, 0.15) is 43.4 Å². The van der Waals surface area contributed by atoms with Crippen LogP contribution in [-0.2, 0) is 0 Å². The molecule has 0 bridgehead atoms. The standard InChI is InChI=1S/C12H16OS/c1-8(2)9-3-4-10-11(13)5-6-14-12(10)7-9/h3-4,7-8,11,13H,5-6H2,1-2H3. The van der Waals surface area contributed by atoms with Gasteiger partial charge in [-0.15, -0.1) is 11.8 Å². The van der Waals surface area contributed by atoms with E-state index in [4.69, 9.17) is 0 Å². The topological polar surface area (TPSA) is 20.2 Å². The van der Waals surface area contributed by atoms with E-state index < -0.39 is 0 Å². The Kier molecular flexibility index (Phi) is 2.84. The van der Waals surface area contributed by atoms with Crippen LogP contribution >= 0.6 is 11.8 Å². The minimum Gasteiger partial charge on any atom is -0.388 e. The van der Waals surface area contributed by atoms with Crippen LogP contribution < -0.4 is 0 Å². The molecule has 0 saturated carbocycles. The Morgan fingerprint density at radius 1 is 1.43 bits per heavy atom. The quantitative estimate of drug-likeness (QED) is 0.764. The first-order valence-corrected chi connectivity index (χ1v) is 6.11.